The first-order chi connectivity index (χ1) is 27.0. The Bertz CT molecular complexity index is 2540. The number of rotatable bonds is 8. The molecule has 5 nitrogen and oxygen atoms in total. The zero-order valence-corrected chi connectivity index (χ0v) is 31.2. The van der Waals surface area contributed by atoms with Crippen molar-refractivity contribution in [2.75, 3.05) is 25.1 Å². The Morgan fingerprint density at radius 3 is 2.40 bits per heavy atom. The number of aliphatic imine (C=N–C) groups is 3. The van der Waals surface area contributed by atoms with Crippen LogP contribution in [-0.4, -0.2) is 44.5 Å². The molecule has 0 radical (unpaired) electrons. The Morgan fingerprint density at radius 1 is 0.873 bits per heavy atom. The van der Waals surface area contributed by atoms with Crippen LogP contribution >= 0.6 is 0 Å². The minimum absolute atomic E-state index is 0.139. The minimum atomic E-state index is -0.633. The molecule has 0 aromatic heterocycles. The number of hydrogen-bond donors (Lipinski definition) is 0. The van der Waals surface area contributed by atoms with Crippen LogP contribution in [0.4, 0.5) is 5.69 Å². The van der Waals surface area contributed by atoms with E-state index in [0.717, 1.165) is 44.9 Å². The fraction of sp³-hybridized carbons (Fsp3) is 0.140. The molecule has 0 saturated heterocycles. The predicted molar refractivity (Wildman–Crippen MR) is 230 cm³/mol. The third-order valence-corrected chi connectivity index (χ3v) is 11.5. The number of benzene rings is 5. The van der Waals surface area contributed by atoms with Crippen LogP contribution in [0, 0.1) is 0 Å². The minimum Gasteiger partial charge on any atom is -0.488 e. The first-order valence-electron chi connectivity index (χ1n) is 18.8. The highest BCUT2D eigenvalue weighted by Crippen LogP contribution is 2.58. The van der Waals surface area contributed by atoms with Gasteiger partial charge in [0.25, 0.3) is 0 Å². The smallest absolute Gasteiger partial charge is 0.154 e. The standard InChI is InChI=1S/C50H42N4O/c1-5-33(27-28-36-32-55-45-26-16-23-37(46(36)45)34-17-8-6-9-18-34)49(51-3)52-31-43(35-19-10-7-11-20-35)53-50(2)42-24-14-12-21-38(42)40-29-30-41-39-22-13-15-25-44(39)54(4)48(41)47(40)50/h5-30,41,48H,1,3,31-32H2,2,4H3/b33-27+,36-28+,52-49?,53-43?. The molecule has 5 aromatic rings. The summed E-state index contributed by atoms with van der Waals surface area (Å²) in [5.74, 6) is 1.64. The quantitative estimate of drug-likeness (QED) is 0.0913. The predicted octanol–water partition coefficient (Wildman–Crippen LogP) is 10.7. The van der Waals surface area contributed by atoms with Crippen LogP contribution in [0.25, 0.3) is 22.3 Å². The number of fused-ring (bicyclic) bond motifs is 7. The molecular weight excluding hydrogens is 673 g/mol. The van der Waals surface area contributed by atoms with Crippen molar-refractivity contribution in [2.45, 2.75) is 24.4 Å². The summed E-state index contributed by atoms with van der Waals surface area (Å²) in [5.41, 5.74) is 14.2. The molecule has 0 fully saturated rings. The number of amidine groups is 1. The van der Waals surface area contributed by atoms with Crippen LogP contribution in [0.5, 0.6) is 5.75 Å². The van der Waals surface area contributed by atoms with E-state index in [0.29, 0.717) is 19.0 Å². The van der Waals surface area contributed by atoms with Gasteiger partial charge in [0.2, 0.25) is 0 Å². The summed E-state index contributed by atoms with van der Waals surface area (Å²) < 4.78 is 6.12. The molecule has 2 aliphatic heterocycles. The van der Waals surface area contributed by atoms with Gasteiger partial charge in [-0.2, -0.15) is 0 Å². The van der Waals surface area contributed by atoms with E-state index in [1.807, 2.05) is 30.3 Å². The molecule has 9 rings (SSSR count). The lowest BCUT2D eigenvalue weighted by Crippen LogP contribution is -2.40. The molecule has 4 aliphatic rings. The summed E-state index contributed by atoms with van der Waals surface area (Å²) in [6.07, 6.45) is 10.6. The number of anilines is 1. The van der Waals surface area contributed by atoms with E-state index >= 15 is 0 Å². The van der Waals surface area contributed by atoms with Crippen molar-refractivity contribution in [3.8, 4) is 16.9 Å². The molecule has 0 N–H and O–H groups in total. The normalized spacial score (nSPS) is 21.8. The Balaban J connectivity index is 1.11. The van der Waals surface area contributed by atoms with E-state index < -0.39 is 5.54 Å². The van der Waals surface area contributed by atoms with Gasteiger partial charge in [-0.3, -0.25) is 9.98 Å². The second-order valence-electron chi connectivity index (χ2n) is 14.5. The summed E-state index contributed by atoms with van der Waals surface area (Å²) in [7, 11) is 2.22. The topological polar surface area (TPSA) is 49.6 Å². The summed E-state index contributed by atoms with van der Waals surface area (Å²) >= 11 is 0. The number of para-hydroxylation sites is 1. The molecular formula is C50H42N4O. The lowest BCUT2D eigenvalue weighted by atomic mass is 9.77. The lowest BCUT2D eigenvalue weighted by molar-refractivity contribution is 0.388. The van der Waals surface area contributed by atoms with Crippen LogP contribution in [0.15, 0.2) is 190 Å². The van der Waals surface area contributed by atoms with Crippen LogP contribution < -0.4 is 9.64 Å². The Labute approximate surface area is 323 Å². The second-order valence-corrected chi connectivity index (χ2v) is 14.5. The summed E-state index contributed by atoms with van der Waals surface area (Å²) in [6.45, 7) is 11.2. The third-order valence-electron chi connectivity index (χ3n) is 11.5. The number of nitrogens with zero attached hydrogens (tertiary/aromatic N) is 4. The van der Waals surface area contributed by atoms with Crippen molar-refractivity contribution >= 4 is 35.1 Å². The van der Waals surface area contributed by atoms with Gasteiger partial charge in [0.1, 0.15) is 17.9 Å². The molecule has 0 spiro atoms. The molecule has 0 bridgehead atoms. The zero-order valence-electron chi connectivity index (χ0n) is 31.2. The lowest BCUT2D eigenvalue weighted by Gasteiger charge is -2.37. The molecule has 2 aliphatic carbocycles. The van der Waals surface area contributed by atoms with Crippen molar-refractivity contribution in [1.82, 2.24) is 0 Å². The van der Waals surface area contributed by atoms with Gasteiger partial charge in [-0.25, -0.2) is 4.99 Å². The van der Waals surface area contributed by atoms with Gasteiger partial charge in [-0.05, 0) is 70.3 Å². The fourth-order valence-corrected chi connectivity index (χ4v) is 8.97. The average molecular weight is 715 g/mol. The highest BCUT2D eigenvalue weighted by Gasteiger charge is 2.51. The van der Waals surface area contributed by atoms with E-state index in [9.17, 15) is 0 Å². The Kier molecular flexibility index (Phi) is 8.70. The molecule has 0 saturated carbocycles. The SMILES string of the molecule is C=C/C(=C\C=C1/COc2cccc(-c3ccccc3)c21)C(N=C)=NCC(=NC1(C)C2=C(C=CC3c4ccccc4N(C)C23)c2ccccc21)c1ccccc1. The second kappa shape index (κ2) is 14.0. The van der Waals surface area contributed by atoms with E-state index in [1.54, 1.807) is 6.08 Å². The maximum Gasteiger partial charge on any atom is 0.154 e. The Hall–Kier alpha value is -6.59. The molecule has 5 heteroatoms. The van der Waals surface area contributed by atoms with Gasteiger partial charge < -0.3 is 9.64 Å². The first kappa shape index (κ1) is 34.2. The molecule has 2 heterocycles. The molecule has 5 aromatic carbocycles. The number of ether oxygens (including phenoxy) is 1. The van der Waals surface area contributed by atoms with Gasteiger partial charge in [-0.1, -0.05) is 152 Å². The number of likely N-dealkylation sites (N-methyl/N-ethyl adjacent to an activating group) is 1. The van der Waals surface area contributed by atoms with E-state index in [2.05, 4.69) is 159 Å². The molecule has 3 atom stereocenters. The van der Waals surface area contributed by atoms with E-state index in [4.69, 9.17) is 14.7 Å². The highest BCUT2D eigenvalue weighted by atomic mass is 16.5. The molecule has 55 heavy (non-hydrogen) atoms. The van der Waals surface area contributed by atoms with Gasteiger partial charge in [0, 0.05) is 35.4 Å². The van der Waals surface area contributed by atoms with Gasteiger partial charge in [0.15, 0.2) is 5.84 Å². The monoisotopic (exact) mass is 714 g/mol. The third kappa shape index (κ3) is 5.75. The van der Waals surface area contributed by atoms with Gasteiger partial charge in [0.05, 0.1) is 18.3 Å². The maximum absolute atomic E-state index is 6.12. The number of allylic oxidation sites excluding steroid dienone is 4. The van der Waals surface area contributed by atoms with Crippen molar-refractivity contribution in [3.63, 3.8) is 0 Å². The summed E-state index contributed by atoms with van der Waals surface area (Å²) in [5, 5.41) is 0. The maximum atomic E-state index is 6.12. The van der Waals surface area contributed by atoms with Crippen LogP contribution in [-0.2, 0) is 5.54 Å². The van der Waals surface area contributed by atoms with Gasteiger partial charge in [-0.15, -0.1) is 0 Å². The van der Waals surface area contributed by atoms with E-state index in [1.165, 1.54) is 33.5 Å². The van der Waals surface area contributed by atoms with Crippen molar-refractivity contribution in [1.29, 1.82) is 0 Å². The van der Waals surface area contributed by atoms with Crippen LogP contribution in [0.3, 0.4) is 0 Å². The summed E-state index contributed by atoms with van der Waals surface area (Å²) in [4.78, 5) is 17.8. The first-order valence-corrected chi connectivity index (χ1v) is 18.8. The Morgan fingerprint density at radius 2 is 1.60 bits per heavy atom. The number of hydrogen-bond acceptors (Lipinski definition) is 4. The van der Waals surface area contributed by atoms with Crippen molar-refractivity contribution in [3.05, 3.63) is 203 Å². The highest BCUT2D eigenvalue weighted by molar-refractivity contribution is 6.08. The largest absolute Gasteiger partial charge is 0.488 e. The average Bonchev–Trinajstić information content (AvgIpc) is 3.87. The van der Waals surface area contributed by atoms with Crippen LogP contribution in [0.2, 0.25) is 0 Å². The molecule has 0 amide bonds. The molecule has 268 valence electrons. The fourth-order valence-electron chi connectivity index (χ4n) is 8.97. The van der Waals surface area contributed by atoms with E-state index in [-0.39, 0.29) is 12.0 Å². The van der Waals surface area contributed by atoms with Crippen LogP contribution in [0.1, 0.15) is 40.7 Å². The van der Waals surface area contributed by atoms with Crippen molar-refractivity contribution in [2.24, 2.45) is 15.0 Å². The van der Waals surface area contributed by atoms with Crippen molar-refractivity contribution < 1.29 is 4.74 Å². The summed E-state index contributed by atoms with van der Waals surface area (Å²) in [6, 6.07) is 44.7. The van der Waals surface area contributed by atoms with Gasteiger partial charge >= 0.3 is 0 Å². The molecule has 3 unspecified atom stereocenters. The zero-order chi connectivity index (χ0) is 37.5.